The average molecular weight is 229 g/mol. The fourth-order valence-corrected chi connectivity index (χ4v) is 1.36. The number of hydrogen-bond acceptors (Lipinski definition) is 3. The monoisotopic (exact) mass is 229 g/mol. The molecule has 1 unspecified atom stereocenters. The number of rotatable bonds is 11. The van der Waals surface area contributed by atoms with Gasteiger partial charge in [0.05, 0.1) is 12.7 Å². The molecule has 0 fully saturated rings. The highest BCUT2D eigenvalue weighted by Crippen LogP contribution is 1.97. The Morgan fingerprint density at radius 3 is 2.62 bits per heavy atom. The second-order valence-electron chi connectivity index (χ2n) is 4.43. The maximum absolute atomic E-state index is 5.73. The molecule has 0 amide bonds. The molecule has 1 atom stereocenters. The van der Waals surface area contributed by atoms with Gasteiger partial charge in [-0.3, -0.25) is 0 Å². The molecule has 0 aromatic rings. The Labute approximate surface area is 100 Å². The first-order chi connectivity index (χ1) is 7.70. The van der Waals surface area contributed by atoms with E-state index < -0.39 is 0 Å². The first-order valence-electron chi connectivity index (χ1n) is 6.12. The lowest BCUT2D eigenvalue weighted by molar-refractivity contribution is -0.00179. The van der Waals surface area contributed by atoms with Crippen LogP contribution in [0, 0.1) is 5.92 Å². The predicted molar refractivity (Wildman–Crippen MR) is 68.8 cm³/mol. The predicted octanol–water partition coefficient (Wildman–Crippen LogP) is 2.23. The molecule has 3 heteroatoms. The molecule has 0 aromatic heterocycles. The Morgan fingerprint density at radius 2 is 2.06 bits per heavy atom. The molecule has 0 saturated carbocycles. The van der Waals surface area contributed by atoms with Gasteiger partial charge >= 0.3 is 0 Å². The van der Waals surface area contributed by atoms with E-state index in [4.69, 9.17) is 9.47 Å². The van der Waals surface area contributed by atoms with Crippen molar-refractivity contribution in [2.24, 2.45) is 5.92 Å². The Kier molecular flexibility index (Phi) is 10.9. The minimum absolute atomic E-state index is 0.161. The Bertz CT molecular complexity index is 160. The summed E-state index contributed by atoms with van der Waals surface area (Å²) < 4.78 is 10.9. The summed E-state index contributed by atoms with van der Waals surface area (Å²) >= 11 is 0. The molecule has 0 aliphatic heterocycles. The summed E-state index contributed by atoms with van der Waals surface area (Å²) in [6.07, 6.45) is 4.13. The number of unbranched alkanes of at least 4 members (excludes halogenated alkanes) is 1. The zero-order valence-electron chi connectivity index (χ0n) is 11.0. The summed E-state index contributed by atoms with van der Waals surface area (Å²) in [6, 6.07) is 0. The van der Waals surface area contributed by atoms with E-state index in [1.54, 1.807) is 7.11 Å². The molecule has 0 radical (unpaired) electrons. The van der Waals surface area contributed by atoms with Crippen LogP contribution in [0.4, 0.5) is 0 Å². The fraction of sp³-hybridized carbons (Fsp3) is 0.846. The lowest BCUT2D eigenvalue weighted by atomic mass is 10.2. The minimum Gasteiger partial charge on any atom is -0.382 e. The molecule has 0 bridgehead atoms. The fourth-order valence-electron chi connectivity index (χ4n) is 1.36. The van der Waals surface area contributed by atoms with Gasteiger partial charge in [-0.15, -0.1) is 6.58 Å². The highest BCUT2D eigenvalue weighted by Gasteiger charge is 2.08. The SMILES string of the molecule is C=CCCCOC(CNCC(C)C)COC. The molecule has 0 aliphatic rings. The van der Waals surface area contributed by atoms with Crippen LogP contribution in [0.3, 0.4) is 0 Å². The molecular weight excluding hydrogens is 202 g/mol. The van der Waals surface area contributed by atoms with Crippen molar-refractivity contribution in [1.82, 2.24) is 5.32 Å². The molecule has 1 N–H and O–H groups in total. The van der Waals surface area contributed by atoms with Crippen molar-refractivity contribution < 1.29 is 9.47 Å². The first kappa shape index (κ1) is 15.6. The highest BCUT2D eigenvalue weighted by atomic mass is 16.5. The van der Waals surface area contributed by atoms with Crippen molar-refractivity contribution in [2.75, 3.05) is 33.4 Å². The van der Waals surface area contributed by atoms with E-state index in [0.717, 1.165) is 32.5 Å². The summed E-state index contributed by atoms with van der Waals surface area (Å²) in [5.74, 6) is 0.670. The number of allylic oxidation sites excluding steroid dienone is 1. The number of hydrogen-bond donors (Lipinski definition) is 1. The zero-order valence-corrected chi connectivity index (χ0v) is 11.0. The lowest BCUT2D eigenvalue weighted by Gasteiger charge is -2.18. The van der Waals surface area contributed by atoms with E-state index >= 15 is 0 Å². The van der Waals surface area contributed by atoms with Gasteiger partial charge in [-0.25, -0.2) is 0 Å². The molecule has 3 nitrogen and oxygen atoms in total. The van der Waals surface area contributed by atoms with Crippen LogP contribution in [0.25, 0.3) is 0 Å². The van der Waals surface area contributed by atoms with Gasteiger partial charge in [-0.2, -0.15) is 0 Å². The van der Waals surface area contributed by atoms with E-state index in [1.165, 1.54) is 0 Å². The summed E-state index contributed by atoms with van der Waals surface area (Å²) in [5.41, 5.74) is 0. The van der Waals surface area contributed by atoms with Crippen molar-refractivity contribution >= 4 is 0 Å². The third-order valence-electron chi connectivity index (χ3n) is 2.18. The Hall–Kier alpha value is -0.380. The van der Waals surface area contributed by atoms with Crippen LogP contribution in [0.15, 0.2) is 12.7 Å². The van der Waals surface area contributed by atoms with Gasteiger partial charge < -0.3 is 14.8 Å². The van der Waals surface area contributed by atoms with E-state index in [0.29, 0.717) is 12.5 Å². The first-order valence-corrected chi connectivity index (χ1v) is 6.12. The molecule has 0 heterocycles. The van der Waals surface area contributed by atoms with Gasteiger partial charge in [0.1, 0.15) is 0 Å². The standard InChI is InChI=1S/C13H27NO2/c1-5-6-7-8-16-13(11-15-4)10-14-9-12(2)3/h5,12-14H,1,6-11H2,2-4H3. The Balaban J connectivity index is 3.57. The normalized spacial score (nSPS) is 13.0. The van der Waals surface area contributed by atoms with Crippen LogP contribution in [0.5, 0.6) is 0 Å². The van der Waals surface area contributed by atoms with Crippen molar-refractivity contribution in [3.8, 4) is 0 Å². The van der Waals surface area contributed by atoms with Gasteiger partial charge in [0.25, 0.3) is 0 Å². The van der Waals surface area contributed by atoms with Gasteiger partial charge in [0.2, 0.25) is 0 Å². The van der Waals surface area contributed by atoms with Gasteiger partial charge in [0, 0.05) is 20.3 Å². The second kappa shape index (κ2) is 11.1. The van der Waals surface area contributed by atoms with Crippen LogP contribution in [-0.4, -0.2) is 39.5 Å². The molecule has 16 heavy (non-hydrogen) atoms. The molecule has 0 spiro atoms. The molecule has 96 valence electrons. The van der Waals surface area contributed by atoms with Crippen LogP contribution in [-0.2, 0) is 9.47 Å². The smallest absolute Gasteiger partial charge is 0.0932 e. The van der Waals surface area contributed by atoms with Crippen molar-refractivity contribution in [1.29, 1.82) is 0 Å². The molecule has 0 aromatic carbocycles. The van der Waals surface area contributed by atoms with Crippen molar-refractivity contribution in [2.45, 2.75) is 32.8 Å². The topological polar surface area (TPSA) is 30.5 Å². The summed E-state index contributed by atoms with van der Waals surface area (Å²) in [6.45, 7) is 11.4. The summed E-state index contributed by atoms with van der Waals surface area (Å²) in [4.78, 5) is 0. The van der Waals surface area contributed by atoms with Crippen LogP contribution < -0.4 is 5.32 Å². The van der Waals surface area contributed by atoms with E-state index in [2.05, 4.69) is 25.7 Å². The lowest BCUT2D eigenvalue weighted by Crippen LogP contribution is -2.34. The quantitative estimate of drug-likeness (QED) is 0.435. The molecular formula is C13H27NO2. The average Bonchev–Trinajstić information content (AvgIpc) is 2.23. The number of ether oxygens (including phenoxy) is 2. The largest absolute Gasteiger partial charge is 0.382 e. The van der Waals surface area contributed by atoms with Gasteiger partial charge in [-0.05, 0) is 25.3 Å². The van der Waals surface area contributed by atoms with E-state index in [1.807, 2.05) is 6.08 Å². The summed E-state index contributed by atoms with van der Waals surface area (Å²) in [5, 5.41) is 3.39. The van der Waals surface area contributed by atoms with Crippen molar-refractivity contribution in [3.05, 3.63) is 12.7 Å². The zero-order chi connectivity index (χ0) is 12.2. The number of methoxy groups -OCH3 is 1. The van der Waals surface area contributed by atoms with Crippen molar-refractivity contribution in [3.63, 3.8) is 0 Å². The van der Waals surface area contributed by atoms with Gasteiger partial charge in [0.15, 0.2) is 0 Å². The van der Waals surface area contributed by atoms with Gasteiger partial charge in [-0.1, -0.05) is 19.9 Å². The molecule has 0 aliphatic carbocycles. The number of nitrogens with one attached hydrogen (secondary N) is 1. The maximum Gasteiger partial charge on any atom is 0.0932 e. The van der Waals surface area contributed by atoms with Crippen LogP contribution in [0.2, 0.25) is 0 Å². The Morgan fingerprint density at radius 1 is 1.31 bits per heavy atom. The molecule has 0 rings (SSSR count). The van der Waals surface area contributed by atoms with Crippen LogP contribution in [0.1, 0.15) is 26.7 Å². The second-order valence-corrected chi connectivity index (χ2v) is 4.43. The summed E-state index contributed by atoms with van der Waals surface area (Å²) in [7, 11) is 1.71. The molecule has 0 saturated heterocycles. The highest BCUT2D eigenvalue weighted by molar-refractivity contribution is 4.66. The third kappa shape index (κ3) is 10.1. The van der Waals surface area contributed by atoms with E-state index in [9.17, 15) is 0 Å². The third-order valence-corrected chi connectivity index (χ3v) is 2.18. The van der Waals surface area contributed by atoms with E-state index in [-0.39, 0.29) is 6.10 Å². The van der Waals surface area contributed by atoms with Crippen LogP contribution >= 0.6 is 0 Å². The maximum atomic E-state index is 5.73. The minimum atomic E-state index is 0.161.